The molecule has 0 aromatic rings. The third-order valence-corrected chi connectivity index (χ3v) is 8.93. The summed E-state index contributed by atoms with van der Waals surface area (Å²) in [5.41, 5.74) is 0. The van der Waals surface area contributed by atoms with Gasteiger partial charge in [-0.3, -0.25) is 0 Å². The van der Waals surface area contributed by atoms with Crippen LogP contribution < -0.4 is 426 Å². The average molecular weight is 4030 g/mol. The molecule has 758 valence electrons. The van der Waals surface area contributed by atoms with Gasteiger partial charge in [-0.1, -0.05) is 0 Å². The summed E-state index contributed by atoms with van der Waals surface area (Å²) in [7, 11) is 0. The Morgan fingerprint density at radius 2 is 0.140 bits per heavy atom. The van der Waals surface area contributed by atoms with Crippen LogP contribution in [0.2, 0.25) is 0 Å². The number of ether oxygens (including phenoxy) is 24. The standard InChI is InChI=1S/4C12H24O6.4C2H3N.2Cs.16Cu.12HI/c4*1-2-14-5-6-16-9-10-18-12-11-17-8-7-15-4-3-13-1;4*1-2-3;;;;;;;;;;;;;;;;;;;;;;;;;;;;;;/h4*1-12H2;4*1H3;;;;;;;;;;;;;;;;;;;12*1H/q;;;;;;;;2*+1;;;;;;;10*+1;;;;;;;;;;;;/p-12. The van der Waals surface area contributed by atoms with Gasteiger partial charge in [-0.25, -0.2) is 0 Å². The summed E-state index contributed by atoms with van der Waals surface area (Å²) in [5.74, 6) is 0. The second-order valence-corrected chi connectivity index (χ2v) is 15.6. The van der Waals surface area contributed by atoms with E-state index in [0.29, 0.717) is 317 Å². The maximum absolute atomic E-state index is 7.32. The number of nitriles is 4. The molecule has 6 radical (unpaired) electrons. The van der Waals surface area contributed by atoms with Crippen molar-refractivity contribution in [3.05, 3.63) is 0 Å². The minimum absolute atomic E-state index is 0. The van der Waals surface area contributed by atoms with Crippen molar-refractivity contribution in [1.29, 1.82) is 21.0 Å². The van der Waals surface area contributed by atoms with Gasteiger partial charge < -0.3 is 401 Å². The van der Waals surface area contributed by atoms with Crippen LogP contribution in [0, 0.1) is 45.3 Å². The zero-order chi connectivity index (χ0) is 61.7. The predicted molar refractivity (Wildman–Crippen MR) is 305 cm³/mol. The minimum atomic E-state index is 0. The quantitative estimate of drug-likeness (QED) is 0.161. The van der Waals surface area contributed by atoms with Gasteiger partial charge in [-0.2, -0.15) is 21.0 Å². The number of nitrogens with zero attached hydrogens (tertiary/aromatic N) is 4. The van der Waals surface area contributed by atoms with Crippen LogP contribution in [0.25, 0.3) is 0 Å². The molecule has 4 heterocycles. The third kappa shape index (κ3) is 267. The first-order valence-corrected chi connectivity index (χ1v) is 28.8. The molecule has 0 N–H and O–H groups in total. The van der Waals surface area contributed by atoms with Gasteiger partial charge in [-0.05, 0) is 0 Å². The summed E-state index contributed by atoms with van der Waals surface area (Å²) < 4.78 is 128. The number of halogens is 12. The molecule has 4 aliphatic heterocycles. The van der Waals surface area contributed by atoms with E-state index in [-0.39, 0.29) is 699 Å². The van der Waals surface area contributed by atoms with Crippen molar-refractivity contribution in [2.75, 3.05) is 317 Å². The summed E-state index contributed by atoms with van der Waals surface area (Å²) in [5, 5.41) is 29.3. The molecule has 4 rings (SSSR count). The summed E-state index contributed by atoms with van der Waals surface area (Å²) in [6.07, 6.45) is 0. The van der Waals surface area contributed by atoms with Gasteiger partial charge >= 0.3 is 308 Å². The van der Waals surface area contributed by atoms with E-state index < -0.39 is 0 Å². The third-order valence-electron chi connectivity index (χ3n) is 8.93. The smallest absolute Gasteiger partial charge is 1.00 e. The van der Waals surface area contributed by atoms with Gasteiger partial charge in [0.2, 0.25) is 0 Å². The molecule has 58 heteroatoms. The van der Waals surface area contributed by atoms with Crippen LogP contribution in [-0.4, -0.2) is 317 Å². The molecule has 4 saturated heterocycles. The zero-order valence-corrected chi connectivity index (χ0v) is 116. The van der Waals surface area contributed by atoms with Crippen molar-refractivity contribution in [2.45, 2.75) is 27.7 Å². The van der Waals surface area contributed by atoms with Crippen LogP contribution >= 0.6 is 0 Å². The second-order valence-electron chi connectivity index (χ2n) is 15.6. The Morgan fingerprint density at radius 3 is 0.158 bits per heavy atom. The van der Waals surface area contributed by atoms with Crippen molar-refractivity contribution in [3.8, 4) is 24.3 Å². The van der Waals surface area contributed by atoms with Crippen molar-refractivity contribution < 1.29 is 812 Å². The van der Waals surface area contributed by atoms with Gasteiger partial charge in [0, 0.05) is 130 Å². The van der Waals surface area contributed by atoms with E-state index >= 15 is 0 Å². The van der Waals surface area contributed by atoms with Gasteiger partial charge in [0.15, 0.2) is 0 Å². The van der Waals surface area contributed by atoms with Gasteiger partial charge in [0.25, 0.3) is 0 Å². The summed E-state index contributed by atoms with van der Waals surface area (Å²) in [6, 6.07) is 7.00. The van der Waals surface area contributed by atoms with E-state index in [2.05, 4.69) is 0 Å². The SMILES string of the molecule is C1COCCOCCOCCOCCOCCO1.C1COCCOCCOCCOCCOCCO1.C1COCCOCCOCCOCCOCCO1.C1COCCOCCOCCOCCOCCO1.CC#N.CC#N.CC#N.CC#N.[Cs+].[Cs+].[Cu+].[Cu+].[Cu+].[Cu+].[Cu+].[Cu+].[Cu+].[Cu+].[Cu+].[Cu+].[Cu].[Cu].[Cu].[Cu].[Cu].[Cu].[I-].[I-].[I-].[I-].[I-].[I-].[I-].[I-].[I-].[I-].[I-].[I-]. The Labute approximate surface area is 1180 Å². The summed E-state index contributed by atoms with van der Waals surface area (Å²) >= 11 is 0. The second kappa shape index (κ2) is 251. The fourth-order valence-corrected chi connectivity index (χ4v) is 5.28. The monoisotopic (exact) mass is 4020 g/mol. The van der Waals surface area contributed by atoms with Crippen molar-refractivity contribution >= 4 is 0 Å². The van der Waals surface area contributed by atoms with Gasteiger partial charge in [0.1, 0.15) is 0 Å². The van der Waals surface area contributed by atoms with E-state index in [9.17, 15) is 0 Å². The Kier molecular flexibility index (Phi) is 519. The van der Waals surface area contributed by atoms with Crippen LogP contribution in [0.15, 0.2) is 0 Å². The Balaban J connectivity index is -0.0000000206. The molecule has 28 nitrogen and oxygen atoms in total. The number of rotatable bonds is 0. The molecule has 4 aliphatic rings. The van der Waals surface area contributed by atoms with E-state index in [1.54, 1.807) is 24.3 Å². The molecule has 0 unspecified atom stereocenters. The van der Waals surface area contributed by atoms with Crippen molar-refractivity contribution in [2.24, 2.45) is 0 Å². The average Bonchev–Trinajstić information content (AvgIpc) is 1.12. The first-order chi connectivity index (χ1) is 41.7. The van der Waals surface area contributed by atoms with Crippen LogP contribution in [0.3, 0.4) is 0 Å². The fourth-order valence-electron chi connectivity index (χ4n) is 5.28. The fraction of sp³-hybridized carbons (Fsp3) is 0.929. The Morgan fingerprint density at radius 1 is 0.123 bits per heavy atom. The molecule has 0 atom stereocenters. The molecular weight excluding hydrogens is 3920 g/mol. The van der Waals surface area contributed by atoms with E-state index in [1.807, 2.05) is 0 Å². The maximum Gasteiger partial charge on any atom is 1.00 e. The molecular formula is C56H108Cs2Cu16I12N4O24. The Bertz CT molecular complexity index is 961. The van der Waals surface area contributed by atoms with Gasteiger partial charge in [-0.15, -0.1) is 0 Å². The molecule has 4 fully saturated rings. The molecule has 0 saturated carbocycles. The summed E-state index contributed by atoms with van der Waals surface area (Å²) in [4.78, 5) is 0. The topological polar surface area (TPSA) is 317 Å². The first kappa shape index (κ1) is 236. The van der Waals surface area contributed by atoms with Crippen molar-refractivity contribution in [3.63, 3.8) is 0 Å². The van der Waals surface area contributed by atoms with E-state index in [1.165, 1.54) is 27.7 Å². The molecule has 114 heavy (non-hydrogen) atoms. The van der Waals surface area contributed by atoms with Crippen LogP contribution in [0.1, 0.15) is 27.7 Å². The van der Waals surface area contributed by atoms with Crippen LogP contribution in [0.4, 0.5) is 0 Å². The van der Waals surface area contributed by atoms with E-state index in [0.717, 1.165) is 0 Å². The number of hydrogen-bond donors (Lipinski definition) is 0. The molecule has 0 aromatic heterocycles. The molecule has 0 spiro atoms. The summed E-state index contributed by atoms with van der Waals surface area (Å²) in [6.45, 7) is 33.9. The predicted octanol–water partition coefficient (Wildman–Crippen LogP) is -39.5. The van der Waals surface area contributed by atoms with Crippen molar-refractivity contribution in [1.82, 2.24) is 0 Å². The Hall–Kier alpha value is 18.2. The van der Waals surface area contributed by atoms with Crippen LogP contribution in [-0.2, 0) is 387 Å². The minimum Gasteiger partial charge on any atom is -1.00 e. The molecule has 0 bridgehead atoms. The van der Waals surface area contributed by atoms with E-state index in [4.69, 9.17) is 135 Å². The molecule has 0 aliphatic carbocycles. The molecule has 0 amide bonds. The number of hydrogen-bond acceptors (Lipinski definition) is 28. The molecule has 0 aromatic carbocycles. The zero-order valence-electron chi connectivity index (χ0n) is 62.9. The van der Waals surface area contributed by atoms with Crippen LogP contribution in [0.5, 0.6) is 0 Å². The maximum atomic E-state index is 7.32. The normalized spacial score (nSPS) is 15.4. The van der Waals surface area contributed by atoms with Gasteiger partial charge in [0.05, 0.1) is 341 Å². The largest absolute Gasteiger partial charge is 1.00 e. The first-order valence-electron chi connectivity index (χ1n) is 28.8.